The van der Waals surface area contributed by atoms with Crippen molar-refractivity contribution in [2.45, 2.75) is 13.8 Å². The van der Waals surface area contributed by atoms with Crippen LogP contribution in [0.3, 0.4) is 0 Å². The molecule has 2 aromatic rings. The summed E-state index contributed by atoms with van der Waals surface area (Å²) in [7, 11) is 0. The summed E-state index contributed by atoms with van der Waals surface area (Å²) in [5, 5.41) is 5.98. The van der Waals surface area contributed by atoms with Crippen LogP contribution in [0.15, 0.2) is 27.4 Å². The van der Waals surface area contributed by atoms with Gasteiger partial charge in [0.15, 0.2) is 11.5 Å². The van der Waals surface area contributed by atoms with Gasteiger partial charge >= 0.3 is 5.76 Å². The van der Waals surface area contributed by atoms with Gasteiger partial charge in [-0.2, -0.15) is 0 Å². The van der Waals surface area contributed by atoms with Crippen LogP contribution in [0.1, 0.15) is 13.8 Å². The second-order valence-corrected chi connectivity index (χ2v) is 3.45. The van der Waals surface area contributed by atoms with Crippen LogP contribution in [0, 0.1) is 0 Å². The standard InChI is InChI=1S/C12H14N2O4/c1-3-16-9-6-5-8(7-10(9)17-4-2)11-13-14-12(15)18-11/h5-7H,3-4H2,1-2H3,(H,14,15). The SMILES string of the molecule is CCOc1ccc(-c2n[nH]c(=O)o2)cc1OCC. The van der Waals surface area contributed by atoms with Crippen LogP contribution in [0.2, 0.25) is 0 Å². The van der Waals surface area contributed by atoms with E-state index in [2.05, 4.69) is 10.2 Å². The zero-order chi connectivity index (χ0) is 13.0. The number of aromatic nitrogens is 2. The van der Waals surface area contributed by atoms with Crippen LogP contribution >= 0.6 is 0 Å². The van der Waals surface area contributed by atoms with Gasteiger partial charge in [0.05, 0.1) is 13.2 Å². The maximum Gasteiger partial charge on any atom is 0.434 e. The third-order valence-electron chi connectivity index (χ3n) is 2.23. The van der Waals surface area contributed by atoms with Gasteiger partial charge in [0.25, 0.3) is 0 Å². The Hall–Kier alpha value is -2.24. The van der Waals surface area contributed by atoms with Crippen LogP contribution < -0.4 is 15.2 Å². The summed E-state index contributed by atoms with van der Waals surface area (Å²) in [6, 6.07) is 5.25. The molecular weight excluding hydrogens is 236 g/mol. The predicted octanol–water partition coefficient (Wildman–Crippen LogP) is 1.83. The minimum Gasteiger partial charge on any atom is -0.490 e. The smallest absolute Gasteiger partial charge is 0.434 e. The number of hydrogen-bond acceptors (Lipinski definition) is 5. The third kappa shape index (κ3) is 2.53. The van der Waals surface area contributed by atoms with Crippen LogP contribution in [-0.4, -0.2) is 23.4 Å². The van der Waals surface area contributed by atoms with E-state index in [1.54, 1.807) is 18.2 Å². The van der Waals surface area contributed by atoms with Crippen molar-refractivity contribution in [3.8, 4) is 23.0 Å². The van der Waals surface area contributed by atoms with Gasteiger partial charge in [0, 0.05) is 5.56 Å². The largest absolute Gasteiger partial charge is 0.490 e. The molecule has 2 rings (SSSR count). The van der Waals surface area contributed by atoms with Crippen molar-refractivity contribution >= 4 is 0 Å². The molecule has 0 bridgehead atoms. The molecule has 1 aromatic heterocycles. The summed E-state index contributed by atoms with van der Waals surface area (Å²) in [4.78, 5) is 10.9. The van der Waals surface area contributed by atoms with Crippen molar-refractivity contribution in [1.29, 1.82) is 0 Å². The molecule has 18 heavy (non-hydrogen) atoms. The lowest BCUT2D eigenvalue weighted by Crippen LogP contribution is -1.98. The zero-order valence-electron chi connectivity index (χ0n) is 10.2. The molecule has 0 aliphatic carbocycles. The van der Waals surface area contributed by atoms with Gasteiger partial charge in [-0.05, 0) is 32.0 Å². The summed E-state index contributed by atoms with van der Waals surface area (Å²) in [5.41, 5.74) is 0.653. The average Bonchev–Trinajstić information content (AvgIpc) is 2.79. The van der Waals surface area contributed by atoms with E-state index < -0.39 is 5.76 Å². The molecule has 0 atom stereocenters. The molecule has 0 saturated heterocycles. The Morgan fingerprint density at radius 1 is 1.22 bits per heavy atom. The van der Waals surface area contributed by atoms with E-state index in [0.717, 1.165) is 0 Å². The Labute approximate surface area is 104 Å². The first kappa shape index (κ1) is 12.2. The highest BCUT2D eigenvalue weighted by atomic mass is 16.5. The number of hydrogen-bond donors (Lipinski definition) is 1. The maximum absolute atomic E-state index is 10.9. The highest BCUT2D eigenvalue weighted by molar-refractivity contribution is 5.59. The number of aromatic amines is 1. The third-order valence-corrected chi connectivity index (χ3v) is 2.23. The Morgan fingerprint density at radius 3 is 2.56 bits per heavy atom. The molecule has 0 spiro atoms. The van der Waals surface area contributed by atoms with E-state index in [1.165, 1.54) is 0 Å². The van der Waals surface area contributed by atoms with Crippen molar-refractivity contribution in [2.75, 3.05) is 13.2 Å². The molecule has 6 nitrogen and oxygen atoms in total. The van der Waals surface area contributed by atoms with Gasteiger partial charge in [0.2, 0.25) is 5.89 Å². The summed E-state index contributed by atoms with van der Waals surface area (Å²) in [6.07, 6.45) is 0. The van der Waals surface area contributed by atoms with Crippen LogP contribution in [0.25, 0.3) is 11.5 Å². The van der Waals surface area contributed by atoms with Crippen molar-refractivity contribution in [1.82, 2.24) is 10.2 Å². The molecule has 0 aliphatic heterocycles. The molecule has 6 heteroatoms. The van der Waals surface area contributed by atoms with Crippen molar-refractivity contribution in [3.63, 3.8) is 0 Å². The Morgan fingerprint density at radius 2 is 1.94 bits per heavy atom. The molecule has 1 heterocycles. The number of benzene rings is 1. The predicted molar refractivity (Wildman–Crippen MR) is 64.9 cm³/mol. The number of nitrogens with zero attached hydrogens (tertiary/aromatic N) is 1. The summed E-state index contributed by atoms with van der Waals surface area (Å²) in [5.74, 6) is 0.893. The first-order valence-electron chi connectivity index (χ1n) is 5.70. The normalized spacial score (nSPS) is 10.3. The highest BCUT2D eigenvalue weighted by Gasteiger charge is 2.11. The monoisotopic (exact) mass is 250 g/mol. The zero-order valence-corrected chi connectivity index (χ0v) is 10.2. The molecule has 0 fully saturated rings. The lowest BCUT2D eigenvalue weighted by molar-refractivity contribution is 0.288. The highest BCUT2D eigenvalue weighted by Crippen LogP contribution is 2.31. The second-order valence-electron chi connectivity index (χ2n) is 3.45. The van der Waals surface area contributed by atoms with E-state index in [9.17, 15) is 4.79 Å². The Bertz CT molecular complexity index is 573. The van der Waals surface area contributed by atoms with Gasteiger partial charge in [-0.3, -0.25) is 0 Å². The summed E-state index contributed by atoms with van der Waals surface area (Å²) >= 11 is 0. The average molecular weight is 250 g/mol. The van der Waals surface area contributed by atoms with Gasteiger partial charge in [-0.15, -0.1) is 5.10 Å². The van der Waals surface area contributed by atoms with Gasteiger partial charge in [-0.25, -0.2) is 9.89 Å². The van der Waals surface area contributed by atoms with Gasteiger partial charge < -0.3 is 13.9 Å². The van der Waals surface area contributed by atoms with Gasteiger partial charge in [0.1, 0.15) is 0 Å². The van der Waals surface area contributed by atoms with E-state index in [4.69, 9.17) is 13.9 Å². The van der Waals surface area contributed by atoms with Crippen LogP contribution in [0.4, 0.5) is 0 Å². The number of nitrogens with one attached hydrogen (secondary N) is 1. The molecule has 0 amide bonds. The van der Waals surface area contributed by atoms with E-state index in [0.29, 0.717) is 30.3 Å². The molecule has 1 N–H and O–H groups in total. The van der Waals surface area contributed by atoms with Crippen molar-refractivity contribution in [2.24, 2.45) is 0 Å². The molecule has 0 aliphatic rings. The molecule has 0 radical (unpaired) electrons. The lowest BCUT2D eigenvalue weighted by atomic mass is 10.2. The van der Waals surface area contributed by atoms with Gasteiger partial charge in [-0.1, -0.05) is 0 Å². The molecule has 96 valence electrons. The maximum atomic E-state index is 10.9. The van der Waals surface area contributed by atoms with Crippen molar-refractivity contribution < 1.29 is 13.9 Å². The number of rotatable bonds is 5. The minimum atomic E-state index is -0.586. The first-order chi connectivity index (χ1) is 8.74. The van der Waals surface area contributed by atoms with E-state index in [-0.39, 0.29) is 5.89 Å². The fourth-order valence-electron chi connectivity index (χ4n) is 1.54. The summed E-state index contributed by atoms with van der Waals surface area (Å²) in [6.45, 7) is 4.86. The second kappa shape index (κ2) is 5.39. The van der Waals surface area contributed by atoms with E-state index >= 15 is 0 Å². The Kier molecular flexibility index (Phi) is 3.66. The van der Waals surface area contributed by atoms with E-state index in [1.807, 2.05) is 13.8 Å². The quantitative estimate of drug-likeness (QED) is 0.875. The lowest BCUT2D eigenvalue weighted by Gasteiger charge is -2.11. The number of ether oxygens (including phenoxy) is 2. The van der Waals surface area contributed by atoms with Crippen molar-refractivity contribution in [3.05, 3.63) is 28.7 Å². The fraction of sp³-hybridized carbons (Fsp3) is 0.333. The van der Waals surface area contributed by atoms with Crippen LogP contribution in [-0.2, 0) is 0 Å². The minimum absolute atomic E-state index is 0.226. The molecular formula is C12H14N2O4. The molecule has 1 aromatic carbocycles. The van der Waals surface area contributed by atoms with Crippen LogP contribution in [0.5, 0.6) is 11.5 Å². The first-order valence-corrected chi connectivity index (χ1v) is 5.70. The molecule has 0 saturated carbocycles. The topological polar surface area (TPSA) is 77.4 Å². The fourth-order valence-corrected chi connectivity index (χ4v) is 1.54. The molecule has 0 unspecified atom stereocenters. The summed E-state index contributed by atoms with van der Waals surface area (Å²) < 4.78 is 15.8. The number of H-pyrrole nitrogens is 1. The Balaban J connectivity index is 2.38.